The van der Waals surface area contributed by atoms with E-state index in [-0.39, 0.29) is 11.2 Å². The van der Waals surface area contributed by atoms with Crippen molar-refractivity contribution in [2.45, 2.75) is 18.9 Å². The second-order valence-electron chi connectivity index (χ2n) is 4.14. The molecule has 1 fully saturated rings. The number of rotatable bonds is 0. The standard InChI is InChI=1S/C5H4N4O2.C5H12N2/c10-4-2-3(7-1-6-2)8-5(11)9-4;6-5-2-1-3-7-4-5/h1H,(H3,6,7,8,9,10,11);5,7H,1-4,6H2. The maximum atomic E-state index is 10.9. The van der Waals surface area contributed by atoms with Crippen molar-refractivity contribution in [1.29, 1.82) is 0 Å². The normalized spacial score (nSPS) is 19.3. The first-order valence-corrected chi connectivity index (χ1v) is 5.79. The van der Waals surface area contributed by atoms with Crippen molar-refractivity contribution in [3.8, 4) is 0 Å². The highest BCUT2D eigenvalue weighted by Gasteiger charge is 2.05. The zero-order valence-corrected chi connectivity index (χ0v) is 9.82. The molecule has 0 radical (unpaired) electrons. The summed E-state index contributed by atoms with van der Waals surface area (Å²) in [7, 11) is 0. The molecule has 0 saturated carbocycles. The lowest BCUT2D eigenvalue weighted by molar-refractivity contribution is 0.459. The number of nitrogens with zero attached hydrogens (tertiary/aromatic N) is 1. The van der Waals surface area contributed by atoms with Gasteiger partial charge in [0.25, 0.3) is 5.56 Å². The molecular weight excluding hydrogens is 236 g/mol. The lowest BCUT2D eigenvalue weighted by atomic mass is 10.1. The van der Waals surface area contributed by atoms with E-state index >= 15 is 0 Å². The van der Waals surface area contributed by atoms with Crippen LogP contribution in [-0.4, -0.2) is 39.1 Å². The van der Waals surface area contributed by atoms with Gasteiger partial charge in [0.1, 0.15) is 5.52 Å². The van der Waals surface area contributed by atoms with E-state index in [0.717, 1.165) is 13.1 Å². The highest BCUT2D eigenvalue weighted by atomic mass is 16.2. The Bertz CT molecular complexity index is 606. The van der Waals surface area contributed by atoms with Gasteiger partial charge in [-0.25, -0.2) is 9.78 Å². The quantitative estimate of drug-likeness (QED) is 0.395. The largest absolute Gasteiger partial charge is 0.339 e. The first-order valence-electron chi connectivity index (χ1n) is 5.79. The highest BCUT2D eigenvalue weighted by Crippen LogP contribution is 1.96. The number of hydrogen-bond acceptors (Lipinski definition) is 5. The molecule has 0 aromatic carbocycles. The number of hydrogen-bond donors (Lipinski definition) is 5. The van der Waals surface area contributed by atoms with Gasteiger partial charge in [-0.3, -0.25) is 14.8 Å². The Morgan fingerprint density at radius 2 is 2.17 bits per heavy atom. The maximum absolute atomic E-state index is 10.9. The Morgan fingerprint density at radius 3 is 2.78 bits per heavy atom. The number of aromatic amines is 3. The van der Waals surface area contributed by atoms with Crippen LogP contribution >= 0.6 is 0 Å². The summed E-state index contributed by atoms with van der Waals surface area (Å²) in [6.45, 7) is 2.17. The number of imidazole rings is 1. The molecule has 0 bridgehead atoms. The fraction of sp³-hybridized carbons (Fsp3) is 0.500. The van der Waals surface area contributed by atoms with Crippen LogP contribution in [0.3, 0.4) is 0 Å². The van der Waals surface area contributed by atoms with Gasteiger partial charge in [-0.1, -0.05) is 0 Å². The van der Waals surface area contributed by atoms with Crippen LogP contribution in [-0.2, 0) is 0 Å². The molecule has 1 saturated heterocycles. The van der Waals surface area contributed by atoms with Crippen molar-refractivity contribution < 1.29 is 0 Å². The van der Waals surface area contributed by atoms with Crippen LogP contribution in [0.25, 0.3) is 11.2 Å². The molecule has 0 amide bonds. The van der Waals surface area contributed by atoms with Crippen molar-refractivity contribution in [2.75, 3.05) is 13.1 Å². The Balaban J connectivity index is 0.000000149. The molecule has 3 heterocycles. The molecule has 2 aromatic rings. The first kappa shape index (κ1) is 12.5. The number of aromatic nitrogens is 4. The van der Waals surface area contributed by atoms with E-state index in [9.17, 15) is 9.59 Å². The van der Waals surface area contributed by atoms with Crippen LogP contribution in [0.5, 0.6) is 0 Å². The second kappa shape index (κ2) is 5.61. The number of fused-ring (bicyclic) bond motifs is 1. The highest BCUT2D eigenvalue weighted by molar-refractivity contribution is 5.67. The third kappa shape index (κ3) is 3.05. The minimum Gasteiger partial charge on any atom is -0.339 e. The predicted octanol–water partition coefficient (Wildman–Crippen LogP) is -1.36. The minimum absolute atomic E-state index is 0.277. The molecule has 6 N–H and O–H groups in total. The topological polar surface area (TPSA) is 132 Å². The molecule has 0 spiro atoms. The van der Waals surface area contributed by atoms with Gasteiger partial charge in [0.05, 0.1) is 6.33 Å². The lowest BCUT2D eigenvalue weighted by Gasteiger charge is -2.17. The predicted molar refractivity (Wildman–Crippen MR) is 67.4 cm³/mol. The number of piperidine rings is 1. The average molecular weight is 252 g/mol. The molecule has 2 aromatic heterocycles. The fourth-order valence-electron chi connectivity index (χ4n) is 1.75. The van der Waals surface area contributed by atoms with Gasteiger partial charge >= 0.3 is 5.69 Å². The molecular formula is C10H16N6O2. The third-order valence-electron chi connectivity index (χ3n) is 2.66. The van der Waals surface area contributed by atoms with Crippen molar-refractivity contribution in [2.24, 2.45) is 5.73 Å². The molecule has 3 rings (SSSR count). The van der Waals surface area contributed by atoms with Crippen molar-refractivity contribution in [3.05, 3.63) is 27.2 Å². The van der Waals surface area contributed by atoms with Gasteiger partial charge in [-0.2, -0.15) is 0 Å². The summed E-state index contributed by atoms with van der Waals surface area (Å²) in [6.07, 6.45) is 3.80. The number of nitrogens with two attached hydrogens (primary N) is 1. The van der Waals surface area contributed by atoms with Crippen LogP contribution < -0.4 is 22.3 Å². The number of H-pyrrole nitrogens is 3. The van der Waals surface area contributed by atoms with E-state index in [4.69, 9.17) is 5.73 Å². The van der Waals surface area contributed by atoms with E-state index < -0.39 is 11.2 Å². The zero-order valence-electron chi connectivity index (χ0n) is 9.82. The maximum Gasteiger partial charge on any atom is 0.327 e. The van der Waals surface area contributed by atoms with Gasteiger partial charge in [0, 0.05) is 12.6 Å². The molecule has 1 aliphatic heterocycles. The van der Waals surface area contributed by atoms with E-state index in [1.54, 1.807) is 0 Å². The zero-order chi connectivity index (χ0) is 13.0. The summed E-state index contributed by atoms with van der Waals surface area (Å²) in [5.41, 5.74) is 5.13. The smallest absolute Gasteiger partial charge is 0.327 e. The second-order valence-corrected chi connectivity index (χ2v) is 4.14. The van der Waals surface area contributed by atoms with E-state index in [1.165, 1.54) is 19.2 Å². The summed E-state index contributed by atoms with van der Waals surface area (Å²) in [5.74, 6) is 0. The third-order valence-corrected chi connectivity index (χ3v) is 2.66. The van der Waals surface area contributed by atoms with E-state index in [1.807, 2.05) is 0 Å². The van der Waals surface area contributed by atoms with Crippen LogP contribution in [0, 0.1) is 0 Å². The van der Waals surface area contributed by atoms with Crippen LogP contribution in [0.1, 0.15) is 12.8 Å². The molecule has 98 valence electrons. The van der Waals surface area contributed by atoms with Gasteiger partial charge < -0.3 is 16.0 Å². The van der Waals surface area contributed by atoms with Crippen molar-refractivity contribution >= 4 is 11.2 Å². The van der Waals surface area contributed by atoms with E-state index in [0.29, 0.717) is 6.04 Å². The Morgan fingerprint density at radius 1 is 1.33 bits per heavy atom. The van der Waals surface area contributed by atoms with Crippen molar-refractivity contribution in [1.82, 2.24) is 25.3 Å². The summed E-state index contributed by atoms with van der Waals surface area (Å²) in [4.78, 5) is 32.3. The Labute approximate surface area is 102 Å². The van der Waals surface area contributed by atoms with Gasteiger partial charge in [-0.15, -0.1) is 0 Å². The van der Waals surface area contributed by atoms with Gasteiger partial charge in [-0.05, 0) is 19.4 Å². The average Bonchev–Trinajstić information content (AvgIpc) is 2.79. The Kier molecular flexibility index (Phi) is 3.90. The molecule has 0 aliphatic carbocycles. The van der Waals surface area contributed by atoms with Crippen LogP contribution in [0.15, 0.2) is 15.9 Å². The fourth-order valence-corrected chi connectivity index (χ4v) is 1.75. The van der Waals surface area contributed by atoms with Gasteiger partial charge in [0.15, 0.2) is 5.65 Å². The summed E-state index contributed by atoms with van der Waals surface area (Å²) < 4.78 is 0. The monoisotopic (exact) mass is 252 g/mol. The molecule has 1 aliphatic rings. The van der Waals surface area contributed by atoms with Crippen LogP contribution in [0.4, 0.5) is 0 Å². The number of nitrogens with one attached hydrogen (secondary N) is 4. The molecule has 8 nitrogen and oxygen atoms in total. The Hall–Kier alpha value is -1.93. The molecule has 8 heteroatoms. The van der Waals surface area contributed by atoms with E-state index in [2.05, 4.69) is 25.3 Å². The van der Waals surface area contributed by atoms with Gasteiger partial charge in [0.2, 0.25) is 0 Å². The van der Waals surface area contributed by atoms with Crippen LogP contribution in [0.2, 0.25) is 0 Å². The molecule has 1 atom stereocenters. The minimum atomic E-state index is -0.547. The SMILES string of the molecule is NC1CCCNC1.O=c1[nH]c(=O)c2[nH]cnc2[nH]1. The summed E-state index contributed by atoms with van der Waals surface area (Å²) in [6, 6.07) is 0.425. The molecule has 1 unspecified atom stereocenters. The van der Waals surface area contributed by atoms with Crippen molar-refractivity contribution in [3.63, 3.8) is 0 Å². The summed E-state index contributed by atoms with van der Waals surface area (Å²) >= 11 is 0. The summed E-state index contributed by atoms with van der Waals surface area (Å²) in [5, 5.41) is 3.21. The first-order chi connectivity index (χ1) is 8.66. The lowest BCUT2D eigenvalue weighted by Crippen LogP contribution is -2.39. The molecule has 18 heavy (non-hydrogen) atoms.